The highest BCUT2D eigenvalue weighted by molar-refractivity contribution is 6.04. The molecule has 6 heteroatoms. The van der Waals surface area contributed by atoms with E-state index in [1.54, 1.807) is 48.5 Å². The fourth-order valence-electron chi connectivity index (χ4n) is 2.95. The molecule has 0 aliphatic heterocycles. The van der Waals surface area contributed by atoms with Crippen LogP contribution in [0.1, 0.15) is 29.3 Å². The van der Waals surface area contributed by atoms with Gasteiger partial charge in [-0.05, 0) is 55.0 Å². The Kier molecular flexibility index (Phi) is 7.52. The van der Waals surface area contributed by atoms with E-state index in [9.17, 15) is 9.59 Å². The van der Waals surface area contributed by atoms with Gasteiger partial charge in [0.05, 0.1) is 30.8 Å². The molecule has 0 fully saturated rings. The van der Waals surface area contributed by atoms with Crippen molar-refractivity contribution in [2.24, 2.45) is 0 Å². The predicted molar refractivity (Wildman–Crippen MR) is 121 cm³/mol. The molecule has 156 valence electrons. The number of nitrogens with one attached hydrogen (secondary N) is 2. The molecule has 2 aromatic carbocycles. The van der Waals surface area contributed by atoms with Crippen molar-refractivity contribution in [2.75, 3.05) is 17.2 Å². The van der Waals surface area contributed by atoms with Gasteiger partial charge in [0, 0.05) is 16.9 Å². The molecule has 31 heavy (non-hydrogen) atoms. The van der Waals surface area contributed by atoms with Crippen LogP contribution in [0.25, 0.3) is 0 Å². The minimum Gasteiger partial charge on any atom is -0.369 e. The minimum absolute atomic E-state index is 0.130. The number of rotatable bonds is 7. The summed E-state index contributed by atoms with van der Waals surface area (Å²) in [7, 11) is 0. The van der Waals surface area contributed by atoms with Gasteiger partial charge in [0.25, 0.3) is 5.91 Å². The molecule has 1 atom stereocenters. The largest absolute Gasteiger partial charge is 0.369 e. The van der Waals surface area contributed by atoms with Gasteiger partial charge in [-0.25, -0.2) is 0 Å². The quantitative estimate of drug-likeness (QED) is 0.694. The van der Waals surface area contributed by atoms with Gasteiger partial charge in [-0.2, -0.15) is 5.26 Å². The van der Waals surface area contributed by atoms with Crippen molar-refractivity contribution in [1.82, 2.24) is 0 Å². The summed E-state index contributed by atoms with van der Waals surface area (Å²) in [5, 5.41) is 14.5. The fourth-order valence-corrected chi connectivity index (χ4v) is 2.95. The Morgan fingerprint density at radius 2 is 1.84 bits per heavy atom. The molecular weight excluding hydrogens is 390 g/mol. The molecule has 0 bridgehead atoms. The van der Waals surface area contributed by atoms with Crippen molar-refractivity contribution in [3.8, 4) is 6.07 Å². The molecule has 1 aliphatic rings. The zero-order valence-corrected chi connectivity index (χ0v) is 17.2. The smallest absolute Gasteiger partial charge is 0.255 e. The van der Waals surface area contributed by atoms with Gasteiger partial charge in [0.15, 0.2) is 0 Å². The van der Waals surface area contributed by atoms with Gasteiger partial charge in [-0.1, -0.05) is 36.4 Å². The number of hydrogen-bond donors (Lipinski definition) is 2. The zero-order valence-electron chi connectivity index (χ0n) is 17.2. The number of anilines is 2. The normalized spacial score (nSPS) is 14.8. The highest BCUT2D eigenvalue weighted by Crippen LogP contribution is 2.15. The highest BCUT2D eigenvalue weighted by Gasteiger charge is 2.11. The molecule has 2 N–H and O–H groups in total. The number of allylic oxidation sites excluding steroid dienone is 4. The highest BCUT2D eigenvalue weighted by atomic mass is 16.5. The van der Waals surface area contributed by atoms with Crippen LogP contribution in [0.2, 0.25) is 0 Å². The summed E-state index contributed by atoms with van der Waals surface area (Å²) in [6.45, 7) is 2.29. The maximum absolute atomic E-state index is 12.4. The minimum atomic E-state index is -0.296. The number of nitriles is 1. The molecule has 1 unspecified atom stereocenters. The maximum Gasteiger partial charge on any atom is 0.255 e. The molecule has 0 heterocycles. The maximum atomic E-state index is 12.4. The lowest BCUT2D eigenvalue weighted by Crippen LogP contribution is -2.18. The molecule has 0 spiro atoms. The molecule has 0 saturated heterocycles. The van der Waals surface area contributed by atoms with Crippen LogP contribution in [-0.4, -0.2) is 24.5 Å². The third-order valence-electron chi connectivity index (χ3n) is 4.62. The van der Waals surface area contributed by atoms with Gasteiger partial charge in [0.2, 0.25) is 5.91 Å². The van der Waals surface area contributed by atoms with Crippen molar-refractivity contribution < 1.29 is 14.3 Å². The number of amides is 2. The van der Waals surface area contributed by atoms with Crippen LogP contribution in [0.4, 0.5) is 11.4 Å². The second-order valence-corrected chi connectivity index (χ2v) is 6.99. The average molecular weight is 413 g/mol. The van der Waals surface area contributed by atoms with E-state index in [4.69, 9.17) is 10.00 Å². The van der Waals surface area contributed by atoms with Crippen LogP contribution in [0, 0.1) is 11.3 Å². The average Bonchev–Trinajstić information content (AvgIpc) is 2.98. The zero-order chi connectivity index (χ0) is 22.1. The van der Waals surface area contributed by atoms with E-state index in [1.807, 2.05) is 43.4 Å². The number of carbonyl (C=O) groups excluding carboxylic acids is 2. The summed E-state index contributed by atoms with van der Waals surface area (Å²) in [4.78, 5) is 24.6. The third-order valence-corrected chi connectivity index (χ3v) is 4.62. The molecule has 3 rings (SSSR count). The molecule has 0 aromatic heterocycles. The molecular formula is C25H23N3O3. The summed E-state index contributed by atoms with van der Waals surface area (Å²) in [6.07, 6.45) is 9.85. The lowest BCUT2D eigenvalue weighted by Gasteiger charge is -2.14. The first-order valence-electron chi connectivity index (χ1n) is 9.90. The van der Waals surface area contributed by atoms with Crippen LogP contribution in [0.5, 0.6) is 0 Å². The SMILES string of the molecule is CC1=CC=CC=CC1OCCC(=O)Nc1ccc(C(=O)Nc2cccc(C#N)c2)cc1. The molecule has 2 aromatic rings. The van der Waals surface area contributed by atoms with Crippen molar-refractivity contribution >= 4 is 23.2 Å². The van der Waals surface area contributed by atoms with Gasteiger partial charge in [-0.15, -0.1) is 0 Å². The molecule has 6 nitrogen and oxygen atoms in total. The third kappa shape index (κ3) is 6.53. The summed E-state index contributed by atoms with van der Waals surface area (Å²) >= 11 is 0. The Morgan fingerprint density at radius 3 is 2.61 bits per heavy atom. The van der Waals surface area contributed by atoms with Crippen LogP contribution in [0.15, 0.2) is 84.5 Å². The van der Waals surface area contributed by atoms with E-state index in [0.717, 1.165) is 5.57 Å². The first-order chi connectivity index (χ1) is 15.0. The van der Waals surface area contributed by atoms with Gasteiger partial charge in [0.1, 0.15) is 0 Å². The number of ether oxygens (including phenoxy) is 1. The molecule has 1 aliphatic carbocycles. The first kappa shape index (κ1) is 21.8. The van der Waals surface area contributed by atoms with Crippen LogP contribution < -0.4 is 10.6 Å². The lowest BCUT2D eigenvalue weighted by molar-refractivity contribution is -0.117. The molecule has 0 radical (unpaired) electrons. The monoisotopic (exact) mass is 413 g/mol. The summed E-state index contributed by atoms with van der Waals surface area (Å²) in [6, 6.07) is 15.3. The Hall–Kier alpha value is -3.95. The van der Waals surface area contributed by atoms with Crippen molar-refractivity contribution in [1.29, 1.82) is 5.26 Å². The van der Waals surface area contributed by atoms with E-state index in [1.165, 1.54) is 0 Å². The van der Waals surface area contributed by atoms with E-state index in [2.05, 4.69) is 10.6 Å². The lowest BCUT2D eigenvalue weighted by atomic mass is 10.1. The van der Waals surface area contributed by atoms with Crippen molar-refractivity contribution in [2.45, 2.75) is 19.4 Å². The number of carbonyl (C=O) groups is 2. The van der Waals surface area contributed by atoms with E-state index >= 15 is 0 Å². The van der Waals surface area contributed by atoms with Crippen molar-refractivity contribution in [3.05, 3.63) is 95.6 Å². The van der Waals surface area contributed by atoms with Crippen LogP contribution in [0.3, 0.4) is 0 Å². The fraction of sp³-hybridized carbons (Fsp3) is 0.160. The predicted octanol–water partition coefficient (Wildman–Crippen LogP) is 4.60. The topological polar surface area (TPSA) is 91.2 Å². The van der Waals surface area contributed by atoms with E-state index < -0.39 is 0 Å². The van der Waals surface area contributed by atoms with Gasteiger partial charge < -0.3 is 15.4 Å². The van der Waals surface area contributed by atoms with Crippen LogP contribution in [-0.2, 0) is 9.53 Å². The Labute approximate surface area is 181 Å². The van der Waals surface area contributed by atoms with Gasteiger partial charge >= 0.3 is 0 Å². The standard InChI is InChI=1S/C25H23N3O3/c1-18-6-3-2-4-9-23(18)31-15-14-24(29)27-21-12-10-20(11-13-21)25(30)28-22-8-5-7-19(16-22)17-26/h2-13,16,23H,14-15H2,1H3,(H,27,29)(H,28,30). The number of hydrogen-bond acceptors (Lipinski definition) is 4. The Balaban J connectivity index is 1.47. The Bertz CT molecular complexity index is 1080. The second kappa shape index (κ2) is 10.7. The Morgan fingerprint density at radius 1 is 1.03 bits per heavy atom. The number of nitrogens with zero attached hydrogens (tertiary/aromatic N) is 1. The first-order valence-corrected chi connectivity index (χ1v) is 9.90. The molecule has 2 amide bonds. The second-order valence-electron chi connectivity index (χ2n) is 6.99. The van der Waals surface area contributed by atoms with E-state index in [-0.39, 0.29) is 24.3 Å². The summed E-state index contributed by atoms with van der Waals surface area (Å²) in [5.74, 6) is -0.460. The van der Waals surface area contributed by atoms with Gasteiger partial charge in [-0.3, -0.25) is 9.59 Å². The summed E-state index contributed by atoms with van der Waals surface area (Å²) in [5.41, 5.74) is 3.14. The summed E-state index contributed by atoms with van der Waals surface area (Å²) < 4.78 is 5.78. The van der Waals surface area contributed by atoms with Crippen LogP contribution >= 0.6 is 0 Å². The molecule has 0 saturated carbocycles. The van der Waals surface area contributed by atoms with Crippen molar-refractivity contribution in [3.63, 3.8) is 0 Å². The number of benzene rings is 2. The van der Waals surface area contributed by atoms with E-state index in [0.29, 0.717) is 29.1 Å².